The van der Waals surface area contributed by atoms with Crippen molar-refractivity contribution in [3.8, 4) is 0 Å². The van der Waals surface area contributed by atoms with Crippen LogP contribution in [0.3, 0.4) is 0 Å². The maximum Gasteiger partial charge on any atom is 0.307 e. The Morgan fingerprint density at radius 2 is 2.15 bits per heavy atom. The lowest BCUT2D eigenvalue weighted by Gasteiger charge is -1.97. The first-order chi connectivity index (χ1) is 5.93. The van der Waals surface area contributed by atoms with E-state index < -0.39 is 25.5 Å². The van der Waals surface area contributed by atoms with Gasteiger partial charge in [0.15, 0.2) is 4.90 Å². The van der Waals surface area contributed by atoms with Crippen molar-refractivity contribution in [2.24, 2.45) is 5.14 Å². The molecule has 0 saturated heterocycles. The molecule has 0 bridgehead atoms. The first-order valence-electron chi connectivity index (χ1n) is 3.04. The Hall–Kier alpha value is -1.54. The normalized spacial score (nSPS) is 11.2. The van der Waals surface area contributed by atoms with E-state index in [1.165, 1.54) is 0 Å². The molecule has 0 spiro atoms. The molecule has 70 valence electrons. The average molecular weight is 203 g/mol. The molecule has 0 radical (unpaired) electrons. The number of pyridine rings is 1. The second-order valence-electron chi connectivity index (χ2n) is 2.15. The molecule has 0 fully saturated rings. The van der Waals surface area contributed by atoms with Gasteiger partial charge in [-0.05, 0) is 6.07 Å². The fourth-order valence-corrected chi connectivity index (χ4v) is 1.42. The maximum absolute atomic E-state index is 10.8. The van der Waals surface area contributed by atoms with Crippen molar-refractivity contribution in [1.29, 1.82) is 0 Å². The van der Waals surface area contributed by atoms with Crippen molar-refractivity contribution in [3.05, 3.63) is 28.6 Å². The van der Waals surface area contributed by atoms with E-state index in [1.807, 2.05) is 0 Å². The third kappa shape index (κ3) is 1.98. The summed E-state index contributed by atoms with van der Waals surface area (Å²) >= 11 is 0. The molecule has 8 heteroatoms. The summed E-state index contributed by atoms with van der Waals surface area (Å²) in [5.74, 6) is 0. The number of nitrogens with two attached hydrogens (primary N) is 1. The van der Waals surface area contributed by atoms with Crippen LogP contribution in [0, 0.1) is 10.1 Å². The number of nitro groups is 1. The topological polar surface area (TPSA) is 116 Å². The van der Waals surface area contributed by atoms with Gasteiger partial charge in [0, 0.05) is 6.20 Å². The summed E-state index contributed by atoms with van der Waals surface area (Å²) in [7, 11) is -4.06. The third-order valence-corrected chi connectivity index (χ3v) is 2.22. The van der Waals surface area contributed by atoms with Crippen LogP contribution in [0.25, 0.3) is 0 Å². The second-order valence-corrected chi connectivity index (χ2v) is 3.68. The zero-order chi connectivity index (χ0) is 10.1. The summed E-state index contributed by atoms with van der Waals surface area (Å²) in [6, 6.07) is 0.980. The van der Waals surface area contributed by atoms with Gasteiger partial charge in [-0.3, -0.25) is 15.1 Å². The minimum atomic E-state index is -4.06. The predicted molar refractivity (Wildman–Crippen MR) is 42.3 cm³/mol. The molecule has 0 aliphatic rings. The predicted octanol–water partition coefficient (Wildman–Crippen LogP) is -0.363. The first-order valence-corrected chi connectivity index (χ1v) is 4.59. The Morgan fingerprint density at radius 1 is 1.54 bits per heavy atom. The van der Waals surface area contributed by atoms with Crippen molar-refractivity contribution in [1.82, 2.24) is 4.98 Å². The summed E-state index contributed by atoms with van der Waals surface area (Å²) in [5, 5.41) is 15.0. The molecular formula is C5H5N3O4S. The average Bonchev–Trinajstić information content (AvgIpc) is 2.03. The lowest BCUT2D eigenvalue weighted by Crippen LogP contribution is -2.14. The van der Waals surface area contributed by atoms with Gasteiger partial charge in [-0.1, -0.05) is 0 Å². The minimum Gasteiger partial charge on any atom is -0.258 e. The van der Waals surface area contributed by atoms with Gasteiger partial charge in [-0.2, -0.15) is 0 Å². The maximum atomic E-state index is 10.8. The Bertz CT molecular complexity index is 441. The molecule has 0 saturated carbocycles. The Kier molecular flexibility index (Phi) is 2.26. The van der Waals surface area contributed by atoms with Gasteiger partial charge < -0.3 is 0 Å². The molecule has 0 aliphatic heterocycles. The number of rotatable bonds is 2. The quantitative estimate of drug-likeness (QED) is 0.520. The van der Waals surface area contributed by atoms with E-state index >= 15 is 0 Å². The highest BCUT2D eigenvalue weighted by Crippen LogP contribution is 2.19. The number of hydrogen-bond acceptors (Lipinski definition) is 5. The molecule has 0 unspecified atom stereocenters. The van der Waals surface area contributed by atoms with Gasteiger partial charge in [0.1, 0.15) is 6.20 Å². The van der Waals surface area contributed by atoms with E-state index in [0.29, 0.717) is 0 Å². The Balaban J connectivity index is 3.46. The summed E-state index contributed by atoms with van der Waals surface area (Å²) in [4.78, 5) is 12.3. The number of nitrogens with zero attached hydrogens (tertiary/aromatic N) is 2. The van der Waals surface area contributed by atoms with Gasteiger partial charge in [0.25, 0.3) is 0 Å². The lowest BCUT2D eigenvalue weighted by molar-refractivity contribution is -0.388. The van der Waals surface area contributed by atoms with Gasteiger partial charge in [0.05, 0.1) is 4.92 Å². The number of primary sulfonamides is 1. The minimum absolute atomic E-state index is 0.535. The Morgan fingerprint density at radius 3 is 2.54 bits per heavy atom. The van der Waals surface area contributed by atoms with Crippen LogP contribution in [0.1, 0.15) is 0 Å². The van der Waals surface area contributed by atoms with E-state index in [1.54, 1.807) is 0 Å². The van der Waals surface area contributed by atoms with Crippen molar-refractivity contribution >= 4 is 15.7 Å². The molecule has 0 amide bonds. The summed E-state index contributed by atoms with van der Waals surface area (Å²) in [6.45, 7) is 0. The van der Waals surface area contributed by atoms with Gasteiger partial charge >= 0.3 is 5.69 Å². The van der Waals surface area contributed by atoms with Crippen LogP contribution in [0.15, 0.2) is 23.4 Å². The van der Waals surface area contributed by atoms with E-state index in [9.17, 15) is 18.5 Å². The Labute approximate surface area is 73.4 Å². The molecule has 0 aliphatic carbocycles. The first kappa shape index (κ1) is 9.55. The molecule has 1 aromatic heterocycles. The molecule has 1 heterocycles. The van der Waals surface area contributed by atoms with Gasteiger partial charge in [0.2, 0.25) is 10.0 Å². The monoisotopic (exact) mass is 203 g/mol. The van der Waals surface area contributed by atoms with Crippen molar-refractivity contribution in [2.75, 3.05) is 0 Å². The van der Waals surface area contributed by atoms with Crippen molar-refractivity contribution in [3.63, 3.8) is 0 Å². The molecule has 2 N–H and O–H groups in total. The van der Waals surface area contributed by atoms with Crippen LogP contribution in [0.5, 0.6) is 0 Å². The van der Waals surface area contributed by atoms with Gasteiger partial charge in [-0.15, -0.1) is 0 Å². The van der Waals surface area contributed by atoms with E-state index in [0.717, 1.165) is 18.5 Å². The molecule has 0 aromatic carbocycles. The third-order valence-electron chi connectivity index (χ3n) is 1.26. The van der Waals surface area contributed by atoms with E-state index in [4.69, 9.17) is 5.14 Å². The van der Waals surface area contributed by atoms with Crippen LogP contribution in [0.4, 0.5) is 5.69 Å². The number of aromatic nitrogens is 1. The molecular weight excluding hydrogens is 198 g/mol. The van der Waals surface area contributed by atoms with E-state index in [2.05, 4.69) is 4.98 Å². The fourth-order valence-electron chi connectivity index (χ4n) is 0.751. The largest absolute Gasteiger partial charge is 0.307 e. The van der Waals surface area contributed by atoms with E-state index in [-0.39, 0.29) is 0 Å². The molecule has 1 aromatic rings. The van der Waals surface area contributed by atoms with Crippen LogP contribution >= 0.6 is 0 Å². The van der Waals surface area contributed by atoms with Crippen LogP contribution in [-0.4, -0.2) is 18.3 Å². The molecule has 1 rings (SSSR count). The summed E-state index contributed by atoms with van der Waals surface area (Å²) < 4.78 is 21.6. The number of hydrogen-bond donors (Lipinski definition) is 1. The van der Waals surface area contributed by atoms with Crippen molar-refractivity contribution in [2.45, 2.75) is 4.90 Å². The lowest BCUT2D eigenvalue weighted by atomic mass is 10.4. The smallest absolute Gasteiger partial charge is 0.258 e. The zero-order valence-corrected chi connectivity index (χ0v) is 7.06. The van der Waals surface area contributed by atoms with Gasteiger partial charge in [-0.25, -0.2) is 13.6 Å². The molecule has 13 heavy (non-hydrogen) atoms. The number of sulfonamides is 1. The standard InChI is InChI=1S/C5H5N3O4S/c6-13(11,12)5-1-2-7-3-4(5)8(9)10/h1-3H,(H2,6,11,12). The van der Waals surface area contributed by atoms with Crippen LogP contribution < -0.4 is 5.14 Å². The fraction of sp³-hybridized carbons (Fsp3) is 0. The molecule has 7 nitrogen and oxygen atoms in total. The highest BCUT2D eigenvalue weighted by Gasteiger charge is 2.21. The summed E-state index contributed by atoms with van der Waals surface area (Å²) in [5.41, 5.74) is -0.620. The highest BCUT2D eigenvalue weighted by atomic mass is 32.2. The van der Waals surface area contributed by atoms with Crippen LogP contribution in [0.2, 0.25) is 0 Å². The van der Waals surface area contributed by atoms with Crippen molar-refractivity contribution < 1.29 is 13.3 Å². The van der Waals surface area contributed by atoms with Crippen LogP contribution in [-0.2, 0) is 10.0 Å². The zero-order valence-electron chi connectivity index (χ0n) is 6.25. The SMILES string of the molecule is NS(=O)(=O)c1ccncc1[N+](=O)[O-]. The second kappa shape index (κ2) is 3.07. The summed E-state index contributed by atoms with van der Waals surface area (Å²) in [6.07, 6.45) is 1.95. The highest BCUT2D eigenvalue weighted by molar-refractivity contribution is 7.89. The molecule has 0 atom stereocenters.